The van der Waals surface area contributed by atoms with Crippen molar-refractivity contribution in [3.63, 3.8) is 0 Å². The summed E-state index contributed by atoms with van der Waals surface area (Å²) in [5, 5.41) is 5.39. The van der Waals surface area contributed by atoms with Crippen LogP contribution in [0.3, 0.4) is 0 Å². The normalized spacial score (nSPS) is 10.8. The summed E-state index contributed by atoms with van der Waals surface area (Å²) in [6.45, 7) is 4.15. The Kier molecular flexibility index (Phi) is 3.08. The zero-order valence-electron chi connectivity index (χ0n) is 10.6. The number of thiazole rings is 1. The van der Waals surface area contributed by atoms with Crippen LogP contribution in [0.1, 0.15) is 20.8 Å². The number of fused-ring (bicyclic) bond motifs is 1. The fourth-order valence-corrected chi connectivity index (χ4v) is 3.36. The van der Waals surface area contributed by atoms with Crippen LogP contribution < -0.4 is 5.32 Å². The predicted molar refractivity (Wildman–Crippen MR) is 81.4 cm³/mol. The Morgan fingerprint density at radius 2 is 2.05 bits per heavy atom. The lowest BCUT2D eigenvalue weighted by Crippen LogP contribution is -2.09. The molecule has 2 heterocycles. The Labute approximate surface area is 118 Å². The van der Waals surface area contributed by atoms with Crippen LogP contribution in [-0.2, 0) is 0 Å². The molecule has 5 heteroatoms. The number of benzene rings is 1. The third kappa shape index (κ3) is 2.39. The molecule has 3 aromatic rings. The van der Waals surface area contributed by atoms with Gasteiger partial charge in [-0.1, -0.05) is 17.4 Å². The molecule has 0 saturated heterocycles. The van der Waals surface area contributed by atoms with Gasteiger partial charge in [-0.05, 0) is 48.6 Å². The van der Waals surface area contributed by atoms with Crippen LogP contribution in [0.5, 0.6) is 0 Å². The molecule has 1 amide bonds. The van der Waals surface area contributed by atoms with Crippen molar-refractivity contribution in [3.05, 3.63) is 45.6 Å². The van der Waals surface area contributed by atoms with Crippen molar-refractivity contribution in [2.45, 2.75) is 13.8 Å². The quantitative estimate of drug-likeness (QED) is 0.767. The number of hydrogen-bond donors (Lipinski definition) is 1. The zero-order valence-corrected chi connectivity index (χ0v) is 12.2. The Hall–Kier alpha value is -1.72. The van der Waals surface area contributed by atoms with Gasteiger partial charge in [0.05, 0.1) is 15.1 Å². The van der Waals surface area contributed by atoms with E-state index in [1.165, 1.54) is 33.8 Å². The number of carbonyl (C=O) groups is 1. The Morgan fingerprint density at radius 3 is 2.79 bits per heavy atom. The van der Waals surface area contributed by atoms with Crippen molar-refractivity contribution in [2.24, 2.45) is 0 Å². The molecule has 0 unspecified atom stereocenters. The minimum absolute atomic E-state index is 0.0949. The van der Waals surface area contributed by atoms with E-state index in [1.807, 2.05) is 17.5 Å². The van der Waals surface area contributed by atoms with E-state index in [1.54, 1.807) is 0 Å². The highest BCUT2D eigenvalue weighted by atomic mass is 32.1. The molecule has 2 aromatic heterocycles. The summed E-state index contributed by atoms with van der Waals surface area (Å²) in [5.74, 6) is -0.0949. The van der Waals surface area contributed by atoms with Crippen molar-refractivity contribution in [2.75, 3.05) is 5.32 Å². The largest absolute Gasteiger partial charge is 0.297 e. The van der Waals surface area contributed by atoms with E-state index in [-0.39, 0.29) is 5.91 Å². The molecule has 0 aliphatic carbocycles. The van der Waals surface area contributed by atoms with Crippen molar-refractivity contribution < 1.29 is 4.79 Å². The van der Waals surface area contributed by atoms with Gasteiger partial charge in [0.1, 0.15) is 0 Å². The second-order valence-corrected chi connectivity index (χ2v) is 6.33. The summed E-state index contributed by atoms with van der Waals surface area (Å²) in [4.78, 5) is 17.1. The number of thiophene rings is 1. The number of amides is 1. The molecule has 0 saturated carbocycles. The highest BCUT2D eigenvalue weighted by Gasteiger charge is 2.11. The van der Waals surface area contributed by atoms with Gasteiger partial charge in [0.25, 0.3) is 5.91 Å². The summed E-state index contributed by atoms with van der Waals surface area (Å²) < 4.78 is 1.10. The molecule has 0 aliphatic rings. The zero-order chi connectivity index (χ0) is 13.4. The molecule has 19 heavy (non-hydrogen) atoms. The maximum atomic E-state index is 12.0. The maximum absolute atomic E-state index is 12.0. The summed E-state index contributed by atoms with van der Waals surface area (Å²) in [6, 6.07) is 7.84. The monoisotopic (exact) mass is 288 g/mol. The van der Waals surface area contributed by atoms with Crippen molar-refractivity contribution in [1.82, 2.24) is 4.98 Å². The average molecular weight is 288 g/mol. The molecule has 96 valence electrons. The molecule has 3 rings (SSSR count). The van der Waals surface area contributed by atoms with Crippen molar-refractivity contribution >= 4 is 43.9 Å². The third-order valence-corrected chi connectivity index (χ3v) is 4.77. The topological polar surface area (TPSA) is 42.0 Å². The number of aryl methyl sites for hydroxylation is 2. The molecule has 0 aliphatic heterocycles. The first kappa shape index (κ1) is 12.3. The first-order valence-corrected chi connectivity index (χ1v) is 7.56. The smallest absolute Gasteiger partial charge is 0.267 e. The number of rotatable bonds is 2. The Bertz CT molecular complexity index is 705. The second-order valence-electron chi connectivity index (χ2n) is 4.35. The van der Waals surface area contributed by atoms with Gasteiger partial charge in [-0.15, -0.1) is 11.3 Å². The van der Waals surface area contributed by atoms with Crippen LogP contribution in [0.4, 0.5) is 5.13 Å². The van der Waals surface area contributed by atoms with E-state index >= 15 is 0 Å². The fraction of sp³-hybridized carbons (Fsp3) is 0.143. The van der Waals surface area contributed by atoms with Gasteiger partial charge in [-0.25, -0.2) is 4.98 Å². The van der Waals surface area contributed by atoms with Gasteiger partial charge in [-0.3, -0.25) is 10.1 Å². The SMILES string of the molecule is Cc1cc2nc(NC(=O)c3cccs3)sc2cc1C. The molecule has 0 bridgehead atoms. The average Bonchev–Trinajstić information content (AvgIpc) is 2.98. The van der Waals surface area contributed by atoms with Crippen LogP contribution in [-0.4, -0.2) is 10.9 Å². The van der Waals surface area contributed by atoms with Gasteiger partial charge < -0.3 is 0 Å². The van der Waals surface area contributed by atoms with E-state index in [0.717, 1.165) is 10.2 Å². The van der Waals surface area contributed by atoms with Crippen LogP contribution in [0.2, 0.25) is 0 Å². The Balaban J connectivity index is 1.92. The van der Waals surface area contributed by atoms with Crippen molar-refractivity contribution in [1.29, 1.82) is 0 Å². The van der Waals surface area contributed by atoms with Crippen LogP contribution >= 0.6 is 22.7 Å². The van der Waals surface area contributed by atoms with Crippen LogP contribution in [0.15, 0.2) is 29.6 Å². The highest BCUT2D eigenvalue weighted by molar-refractivity contribution is 7.22. The minimum Gasteiger partial charge on any atom is -0.297 e. The lowest BCUT2D eigenvalue weighted by Gasteiger charge is -1.97. The summed E-state index contributed by atoms with van der Waals surface area (Å²) in [6.07, 6.45) is 0. The lowest BCUT2D eigenvalue weighted by atomic mass is 10.1. The summed E-state index contributed by atoms with van der Waals surface area (Å²) >= 11 is 2.93. The van der Waals surface area contributed by atoms with E-state index in [0.29, 0.717) is 10.0 Å². The number of nitrogens with one attached hydrogen (secondary N) is 1. The molecular formula is C14H12N2OS2. The number of anilines is 1. The van der Waals surface area contributed by atoms with E-state index in [9.17, 15) is 4.79 Å². The van der Waals surface area contributed by atoms with Gasteiger partial charge >= 0.3 is 0 Å². The molecule has 0 spiro atoms. The first-order valence-electron chi connectivity index (χ1n) is 5.86. The summed E-state index contributed by atoms with van der Waals surface area (Å²) in [5.41, 5.74) is 3.40. The highest BCUT2D eigenvalue weighted by Crippen LogP contribution is 2.28. The van der Waals surface area contributed by atoms with Crippen molar-refractivity contribution in [3.8, 4) is 0 Å². The van der Waals surface area contributed by atoms with Gasteiger partial charge in [-0.2, -0.15) is 0 Å². The van der Waals surface area contributed by atoms with E-state index in [4.69, 9.17) is 0 Å². The number of aromatic nitrogens is 1. The van der Waals surface area contributed by atoms with Gasteiger partial charge in [0.15, 0.2) is 5.13 Å². The molecule has 0 atom stereocenters. The van der Waals surface area contributed by atoms with Crippen LogP contribution in [0, 0.1) is 13.8 Å². The standard InChI is InChI=1S/C14H12N2OS2/c1-8-6-10-12(7-9(8)2)19-14(15-10)16-13(17)11-4-3-5-18-11/h3-7H,1-2H3,(H,15,16,17). The van der Waals surface area contributed by atoms with Gasteiger partial charge in [0, 0.05) is 0 Å². The molecule has 0 radical (unpaired) electrons. The number of carbonyl (C=O) groups excluding carboxylic acids is 1. The predicted octanol–water partition coefficient (Wildman–Crippen LogP) is 4.23. The Morgan fingerprint density at radius 1 is 1.26 bits per heavy atom. The fourth-order valence-electron chi connectivity index (χ4n) is 1.80. The minimum atomic E-state index is -0.0949. The summed E-state index contributed by atoms with van der Waals surface area (Å²) in [7, 11) is 0. The third-order valence-electron chi connectivity index (χ3n) is 2.97. The van der Waals surface area contributed by atoms with E-state index in [2.05, 4.69) is 36.3 Å². The molecule has 1 N–H and O–H groups in total. The second kappa shape index (κ2) is 4.75. The number of hydrogen-bond acceptors (Lipinski definition) is 4. The van der Waals surface area contributed by atoms with Crippen LogP contribution in [0.25, 0.3) is 10.2 Å². The molecule has 0 fully saturated rings. The molecular weight excluding hydrogens is 276 g/mol. The lowest BCUT2D eigenvalue weighted by molar-refractivity contribution is 0.103. The van der Waals surface area contributed by atoms with E-state index < -0.39 is 0 Å². The first-order chi connectivity index (χ1) is 9.13. The molecule has 3 nitrogen and oxygen atoms in total. The number of nitrogens with zero attached hydrogens (tertiary/aromatic N) is 1. The maximum Gasteiger partial charge on any atom is 0.267 e. The van der Waals surface area contributed by atoms with Gasteiger partial charge in [0.2, 0.25) is 0 Å². The molecule has 1 aromatic carbocycles.